The number of rotatable bonds is 1. The predicted octanol–water partition coefficient (Wildman–Crippen LogP) is 3.74. The van der Waals surface area contributed by atoms with E-state index in [0.717, 1.165) is 29.6 Å². The molecule has 3 saturated carbocycles. The fourth-order valence-electron chi connectivity index (χ4n) is 5.27. The largest absolute Gasteiger partial charge is 0.327 e. The highest BCUT2D eigenvalue weighted by Crippen LogP contribution is 2.52. The van der Waals surface area contributed by atoms with Gasteiger partial charge in [-0.15, -0.1) is 6.58 Å². The molecule has 1 heteroatoms. The van der Waals surface area contributed by atoms with E-state index in [1.165, 1.54) is 51.4 Å². The maximum Gasteiger partial charge on any atom is 0.0101 e. The topological polar surface area (TPSA) is 26.0 Å². The van der Waals surface area contributed by atoms with Crippen LogP contribution in [0.2, 0.25) is 0 Å². The minimum Gasteiger partial charge on any atom is -0.327 e. The van der Waals surface area contributed by atoms with Crippen molar-refractivity contribution in [1.82, 2.24) is 0 Å². The second kappa shape index (κ2) is 4.76. The summed E-state index contributed by atoms with van der Waals surface area (Å²) in [6.07, 6.45) is 13.6. The molecule has 17 heavy (non-hydrogen) atoms. The molecule has 3 fully saturated rings. The van der Waals surface area contributed by atoms with Gasteiger partial charge in [-0.2, -0.15) is 0 Å². The van der Waals surface area contributed by atoms with Gasteiger partial charge in [-0.1, -0.05) is 31.8 Å². The van der Waals surface area contributed by atoms with Crippen molar-refractivity contribution in [3.05, 3.63) is 12.7 Å². The number of allylic oxidation sites excluding steroid dienone is 1. The third kappa shape index (κ3) is 1.87. The van der Waals surface area contributed by atoms with Crippen LogP contribution >= 0.6 is 0 Å². The van der Waals surface area contributed by atoms with Crippen molar-refractivity contribution < 1.29 is 0 Å². The number of hydrogen-bond donors (Lipinski definition) is 1. The third-order valence-electron chi connectivity index (χ3n) is 6.00. The van der Waals surface area contributed by atoms with Crippen LogP contribution in [0.25, 0.3) is 0 Å². The van der Waals surface area contributed by atoms with Crippen LogP contribution in [0.3, 0.4) is 0 Å². The molecule has 0 aliphatic heterocycles. The van der Waals surface area contributed by atoms with Gasteiger partial charge in [0.05, 0.1) is 0 Å². The SMILES string of the molecule is C=CC1C2CCCCC2C(N)C2CCCCC12. The van der Waals surface area contributed by atoms with E-state index in [1.807, 2.05) is 0 Å². The maximum absolute atomic E-state index is 6.63. The number of hydrogen-bond acceptors (Lipinski definition) is 1. The Hall–Kier alpha value is -0.300. The second-order valence-electron chi connectivity index (χ2n) is 6.61. The van der Waals surface area contributed by atoms with Crippen LogP contribution in [-0.4, -0.2) is 6.04 Å². The summed E-state index contributed by atoms with van der Waals surface area (Å²) in [5.41, 5.74) is 6.63. The van der Waals surface area contributed by atoms with Gasteiger partial charge in [-0.25, -0.2) is 0 Å². The van der Waals surface area contributed by atoms with Crippen LogP contribution in [0.5, 0.6) is 0 Å². The molecule has 4 unspecified atom stereocenters. The Labute approximate surface area is 106 Å². The number of nitrogens with two attached hydrogens (primary N) is 1. The van der Waals surface area contributed by atoms with Crippen molar-refractivity contribution in [3.8, 4) is 0 Å². The van der Waals surface area contributed by atoms with Gasteiger partial charge < -0.3 is 5.73 Å². The summed E-state index contributed by atoms with van der Waals surface area (Å²) < 4.78 is 0. The Bertz CT molecular complexity index is 261. The first-order chi connectivity index (χ1) is 8.33. The first-order valence-electron chi connectivity index (χ1n) is 7.71. The normalized spacial score (nSPS) is 50.2. The van der Waals surface area contributed by atoms with Crippen molar-refractivity contribution in [2.45, 2.75) is 57.4 Å². The average molecular weight is 233 g/mol. The van der Waals surface area contributed by atoms with Gasteiger partial charge >= 0.3 is 0 Å². The van der Waals surface area contributed by atoms with Gasteiger partial charge in [0, 0.05) is 6.04 Å². The van der Waals surface area contributed by atoms with Crippen molar-refractivity contribution in [3.63, 3.8) is 0 Å². The van der Waals surface area contributed by atoms with Gasteiger partial charge in [0.15, 0.2) is 0 Å². The highest BCUT2D eigenvalue weighted by atomic mass is 14.7. The van der Waals surface area contributed by atoms with Crippen LogP contribution in [-0.2, 0) is 0 Å². The molecule has 0 radical (unpaired) electrons. The maximum atomic E-state index is 6.63. The molecule has 1 nitrogen and oxygen atoms in total. The van der Waals surface area contributed by atoms with Crippen molar-refractivity contribution in [1.29, 1.82) is 0 Å². The fraction of sp³-hybridized carbons (Fsp3) is 0.875. The monoisotopic (exact) mass is 233 g/mol. The van der Waals surface area contributed by atoms with Crippen molar-refractivity contribution in [2.75, 3.05) is 0 Å². The third-order valence-corrected chi connectivity index (χ3v) is 6.00. The van der Waals surface area contributed by atoms with E-state index in [2.05, 4.69) is 12.7 Å². The lowest BCUT2D eigenvalue weighted by Crippen LogP contribution is -2.54. The molecule has 96 valence electrons. The number of fused-ring (bicyclic) bond motifs is 2. The Morgan fingerprint density at radius 1 is 0.765 bits per heavy atom. The lowest BCUT2D eigenvalue weighted by molar-refractivity contribution is -0.00730. The molecule has 0 saturated heterocycles. The molecule has 0 aromatic rings. The van der Waals surface area contributed by atoms with E-state index in [0.29, 0.717) is 6.04 Å². The first kappa shape index (κ1) is 11.8. The molecule has 0 aromatic carbocycles. The summed E-state index contributed by atoms with van der Waals surface area (Å²) in [7, 11) is 0. The lowest BCUT2D eigenvalue weighted by Gasteiger charge is -2.54. The van der Waals surface area contributed by atoms with E-state index < -0.39 is 0 Å². The Morgan fingerprint density at radius 3 is 1.59 bits per heavy atom. The van der Waals surface area contributed by atoms with Gasteiger partial charge in [-0.3, -0.25) is 0 Å². The molecule has 3 aliphatic carbocycles. The van der Waals surface area contributed by atoms with E-state index in [1.54, 1.807) is 0 Å². The minimum absolute atomic E-state index is 0.502. The summed E-state index contributed by atoms with van der Waals surface area (Å²) in [6.45, 7) is 4.15. The molecule has 3 aliphatic rings. The van der Waals surface area contributed by atoms with Crippen LogP contribution in [0.1, 0.15) is 51.4 Å². The van der Waals surface area contributed by atoms with Crippen LogP contribution in [0.15, 0.2) is 12.7 Å². The molecule has 0 heterocycles. The van der Waals surface area contributed by atoms with Crippen LogP contribution < -0.4 is 5.73 Å². The zero-order valence-electron chi connectivity index (χ0n) is 11.0. The second-order valence-corrected chi connectivity index (χ2v) is 6.61. The summed E-state index contributed by atoms with van der Waals surface area (Å²) in [5.74, 6) is 4.15. The summed E-state index contributed by atoms with van der Waals surface area (Å²) >= 11 is 0. The zero-order chi connectivity index (χ0) is 11.8. The fourth-order valence-corrected chi connectivity index (χ4v) is 5.27. The molecule has 4 atom stereocenters. The summed E-state index contributed by atoms with van der Waals surface area (Å²) in [4.78, 5) is 0. The van der Waals surface area contributed by atoms with E-state index in [-0.39, 0.29) is 0 Å². The minimum atomic E-state index is 0.502. The zero-order valence-corrected chi connectivity index (χ0v) is 11.0. The lowest BCUT2D eigenvalue weighted by atomic mass is 9.53. The van der Waals surface area contributed by atoms with E-state index >= 15 is 0 Å². The van der Waals surface area contributed by atoms with Crippen molar-refractivity contribution >= 4 is 0 Å². The molecule has 0 aromatic heterocycles. The highest BCUT2D eigenvalue weighted by Gasteiger charge is 2.48. The van der Waals surface area contributed by atoms with Crippen LogP contribution in [0, 0.1) is 29.6 Å². The van der Waals surface area contributed by atoms with E-state index in [4.69, 9.17) is 5.73 Å². The van der Waals surface area contributed by atoms with Gasteiger partial charge in [-0.05, 0) is 55.3 Å². The first-order valence-corrected chi connectivity index (χ1v) is 7.71. The Kier molecular flexibility index (Phi) is 3.30. The molecule has 2 N–H and O–H groups in total. The average Bonchev–Trinajstić information content (AvgIpc) is 2.40. The quantitative estimate of drug-likeness (QED) is 0.686. The summed E-state index contributed by atoms with van der Waals surface area (Å²) in [6, 6.07) is 0.502. The van der Waals surface area contributed by atoms with Gasteiger partial charge in [0.1, 0.15) is 0 Å². The summed E-state index contributed by atoms with van der Waals surface area (Å²) in [5, 5.41) is 0. The van der Waals surface area contributed by atoms with Gasteiger partial charge in [0.25, 0.3) is 0 Å². The Morgan fingerprint density at radius 2 is 1.18 bits per heavy atom. The molecular weight excluding hydrogens is 206 g/mol. The molecule has 3 rings (SSSR count). The molecule has 0 amide bonds. The molecular formula is C16H27N. The van der Waals surface area contributed by atoms with Crippen molar-refractivity contribution in [2.24, 2.45) is 35.3 Å². The van der Waals surface area contributed by atoms with Crippen LogP contribution in [0.4, 0.5) is 0 Å². The van der Waals surface area contributed by atoms with E-state index in [9.17, 15) is 0 Å². The Balaban J connectivity index is 1.87. The smallest absolute Gasteiger partial charge is 0.0101 e. The highest BCUT2D eigenvalue weighted by molar-refractivity contribution is 5.05. The van der Waals surface area contributed by atoms with Gasteiger partial charge in [0.2, 0.25) is 0 Å². The molecule has 0 spiro atoms. The predicted molar refractivity (Wildman–Crippen MR) is 72.6 cm³/mol. The molecule has 0 bridgehead atoms. The standard InChI is InChI=1S/C16H27N/c1-2-11-12-7-3-5-9-14(12)16(17)15-10-6-4-8-13(11)15/h2,11-16H,1,3-10,17H2.